The number of pyridine rings is 1. The summed E-state index contributed by atoms with van der Waals surface area (Å²) in [6.07, 6.45) is 3.28. The highest BCUT2D eigenvalue weighted by Crippen LogP contribution is 2.29. The number of aromatic nitrogens is 2. The molecule has 23 heavy (non-hydrogen) atoms. The van der Waals surface area contributed by atoms with Crippen LogP contribution in [0.4, 0.5) is 0 Å². The predicted octanol–water partition coefficient (Wildman–Crippen LogP) is 3.27. The summed E-state index contributed by atoms with van der Waals surface area (Å²) in [7, 11) is 0. The number of aryl methyl sites for hydroxylation is 1. The van der Waals surface area contributed by atoms with Gasteiger partial charge in [0.15, 0.2) is 0 Å². The van der Waals surface area contributed by atoms with E-state index in [1.807, 2.05) is 11.1 Å². The zero-order valence-electron chi connectivity index (χ0n) is 13.6. The van der Waals surface area contributed by atoms with Gasteiger partial charge in [-0.05, 0) is 40.9 Å². The maximum Gasteiger partial charge on any atom is 0.225 e. The summed E-state index contributed by atoms with van der Waals surface area (Å²) in [6, 6.07) is 2.10. The van der Waals surface area contributed by atoms with Crippen molar-refractivity contribution in [3.05, 3.63) is 28.0 Å². The van der Waals surface area contributed by atoms with E-state index in [4.69, 9.17) is 4.74 Å². The van der Waals surface area contributed by atoms with Crippen LogP contribution in [-0.4, -0.2) is 40.1 Å². The summed E-state index contributed by atoms with van der Waals surface area (Å²) < 4.78 is 8.66. The molecule has 0 N–H and O–H groups in total. The van der Waals surface area contributed by atoms with Crippen LogP contribution < -0.4 is 0 Å². The van der Waals surface area contributed by atoms with Gasteiger partial charge in [0.05, 0.1) is 19.6 Å². The summed E-state index contributed by atoms with van der Waals surface area (Å²) >= 11 is 3.49. The first-order chi connectivity index (χ1) is 11.1. The molecule has 1 aliphatic rings. The number of carbonyl (C=O) groups is 1. The molecule has 0 aliphatic carbocycles. The van der Waals surface area contributed by atoms with Crippen molar-refractivity contribution in [3.63, 3.8) is 0 Å². The molecule has 0 saturated carbocycles. The van der Waals surface area contributed by atoms with Crippen LogP contribution in [0.5, 0.6) is 0 Å². The lowest BCUT2D eigenvalue weighted by Gasteiger charge is -2.29. The Hall–Kier alpha value is -1.40. The van der Waals surface area contributed by atoms with Crippen molar-refractivity contribution in [2.75, 3.05) is 19.8 Å². The fourth-order valence-electron chi connectivity index (χ4n) is 3.11. The van der Waals surface area contributed by atoms with E-state index >= 15 is 0 Å². The number of hydrogen-bond donors (Lipinski definition) is 0. The van der Waals surface area contributed by atoms with E-state index in [0.29, 0.717) is 19.6 Å². The Morgan fingerprint density at radius 1 is 1.39 bits per heavy atom. The first-order valence-corrected chi connectivity index (χ1v) is 8.90. The van der Waals surface area contributed by atoms with Gasteiger partial charge in [0.2, 0.25) is 5.91 Å². The normalized spacial score (nSPS) is 14.3. The number of ether oxygens (including phenoxy) is 1. The van der Waals surface area contributed by atoms with Gasteiger partial charge in [-0.25, -0.2) is 4.98 Å². The SMILES string of the molecule is CCCOCCC(=O)N1CCn2c(c(C)c3cc(Br)cnc32)C1. The Balaban J connectivity index is 1.75. The average molecular weight is 380 g/mol. The summed E-state index contributed by atoms with van der Waals surface area (Å²) in [5.41, 5.74) is 3.42. The van der Waals surface area contributed by atoms with Crippen molar-refractivity contribution in [2.45, 2.75) is 39.8 Å². The molecule has 3 rings (SSSR count). The Morgan fingerprint density at radius 3 is 3.00 bits per heavy atom. The molecule has 6 heteroatoms. The van der Waals surface area contributed by atoms with Crippen LogP contribution in [0.3, 0.4) is 0 Å². The summed E-state index contributed by atoms with van der Waals surface area (Å²) in [5, 5.41) is 1.16. The first-order valence-electron chi connectivity index (χ1n) is 8.10. The molecule has 1 aliphatic heterocycles. The largest absolute Gasteiger partial charge is 0.381 e. The zero-order valence-corrected chi connectivity index (χ0v) is 15.2. The van der Waals surface area contributed by atoms with Gasteiger partial charge in [-0.1, -0.05) is 6.92 Å². The Morgan fingerprint density at radius 2 is 2.22 bits per heavy atom. The van der Waals surface area contributed by atoms with E-state index < -0.39 is 0 Å². The van der Waals surface area contributed by atoms with E-state index in [1.165, 1.54) is 11.3 Å². The Labute approximate surface area is 144 Å². The van der Waals surface area contributed by atoms with Crippen molar-refractivity contribution < 1.29 is 9.53 Å². The van der Waals surface area contributed by atoms with Gasteiger partial charge < -0.3 is 14.2 Å². The van der Waals surface area contributed by atoms with E-state index in [9.17, 15) is 4.79 Å². The van der Waals surface area contributed by atoms with E-state index in [0.717, 1.165) is 41.6 Å². The second-order valence-electron chi connectivity index (χ2n) is 5.93. The van der Waals surface area contributed by atoms with Gasteiger partial charge >= 0.3 is 0 Å². The number of amides is 1. The quantitative estimate of drug-likeness (QED) is 0.748. The number of nitrogens with zero attached hydrogens (tertiary/aromatic N) is 3. The molecule has 0 bridgehead atoms. The Bertz CT molecular complexity index is 726. The molecule has 124 valence electrons. The van der Waals surface area contributed by atoms with Crippen molar-refractivity contribution in [2.24, 2.45) is 0 Å². The molecule has 0 atom stereocenters. The van der Waals surface area contributed by atoms with Gasteiger partial charge in [0, 0.05) is 41.4 Å². The van der Waals surface area contributed by atoms with Gasteiger partial charge in [-0.3, -0.25) is 4.79 Å². The molecular formula is C17H22BrN3O2. The standard InChI is InChI=1S/C17H22BrN3O2/c1-3-7-23-8-4-16(22)20-5-6-21-15(11-20)12(2)14-9-13(18)10-19-17(14)21/h9-10H,3-8,11H2,1-2H3. The highest BCUT2D eigenvalue weighted by molar-refractivity contribution is 9.10. The number of fused-ring (bicyclic) bond motifs is 3. The average Bonchev–Trinajstić information content (AvgIpc) is 2.83. The third kappa shape index (κ3) is 3.28. The van der Waals surface area contributed by atoms with Gasteiger partial charge in [0.1, 0.15) is 5.65 Å². The molecule has 1 amide bonds. The van der Waals surface area contributed by atoms with Gasteiger partial charge in [-0.15, -0.1) is 0 Å². The third-order valence-corrected chi connectivity index (χ3v) is 4.78. The lowest BCUT2D eigenvalue weighted by atomic mass is 10.1. The second kappa shape index (κ2) is 7.01. The number of carbonyl (C=O) groups excluding carboxylic acids is 1. The summed E-state index contributed by atoms with van der Waals surface area (Å²) in [6.45, 7) is 7.62. The maximum absolute atomic E-state index is 12.4. The van der Waals surface area contributed by atoms with Gasteiger partial charge in [-0.2, -0.15) is 0 Å². The zero-order chi connectivity index (χ0) is 16.4. The third-order valence-electron chi connectivity index (χ3n) is 4.35. The minimum absolute atomic E-state index is 0.172. The molecule has 0 radical (unpaired) electrons. The molecule has 0 spiro atoms. The first kappa shape index (κ1) is 16.5. The molecule has 0 aromatic carbocycles. The highest BCUT2D eigenvalue weighted by atomic mass is 79.9. The van der Waals surface area contributed by atoms with Crippen LogP contribution >= 0.6 is 15.9 Å². The molecule has 2 aromatic rings. The molecule has 0 saturated heterocycles. The molecule has 5 nitrogen and oxygen atoms in total. The number of hydrogen-bond acceptors (Lipinski definition) is 3. The molecule has 0 fully saturated rings. The second-order valence-corrected chi connectivity index (χ2v) is 6.84. The monoisotopic (exact) mass is 379 g/mol. The van der Waals surface area contributed by atoms with E-state index in [2.05, 4.69) is 45.4 Å². The number of halogens is 1. The summed E-state index contributed by atoms with van der Waals surface area (Å²) in [4.78, 5) is 18.8. The topological polar surface area (TPSA) is 47.4 Å². The van der Waals surface area contributed by atoms with Crippen LogP contribution in [0.25, 0.3) is 11.0 Å². The van der Waals surface area contributed by atoms with Crippen LogP contribution in [0, 0.1) is 6.92 Å². The molecule has 3 heterocycles. The van der Waals surface area contributed by atoms with Crippen molar-refractivity contribution in [1.82, 2.24) is 14.5 Å². The Kier molecular flexibility index (Phi) is 5.02. The van der Waals surface area contributed by atoms with Gasteiger partial charge in [0.25, 0.3) is 0 Å². The minimum atomic E-state index is 0.172. The van der Waals surface area contributed by atoms with Crippen LogP contribution in [-0.2, 0) is 22.6 Å². The smallest absolute Gasteiger partial charge is 0.225 e. The fraction of sp³-hybridized carbons (Fsp3) is 0.529. The van der Waals surface area contributed by atoms with Crippen molar-refractivity contribution >= 4 is 32.9 Å². The summed E-state index contributed by atoms with van der Waals surface area (Å²) in [5.74, 6) is 0.172. The van der Waals surface area contributed by atoms with Crippen LogP contribution in [0.15, 0.2) is 16.7 Å². The fourth-order valence-corrected chi connectivity index (χ4v) is 3.44. The van der Waals surface area contributed by atoms with Crippen molar-refractivity contribution in [1.29, 1.82) is 0 Å². The lowest BCUT2D eigenvalue weighted by molar-refractivity contribution is -0.133. The molecule has 0 unspecified atom stereocenters. The van der Waals surface area contributed by atoms with Crippen molar-refractivity contribution in [3.8, 4) is 0 Å². The van der Waals surface area contributed by atoms with E-state index in [1.54, 1.807) is 0 Å². The number of rotatable bonds is 5. The van der Waals surface area contributed by atoms with E-state index in [-0.39, 0.29) is 5.91 Å². The lowest BCUT2D eigenvalue weighted by Crippen LogP contribution is -2.38. The molecule has 2 aromatic heterocycles. The minimum Gasteiger partial charge on any atom is -0.381 e. The predicted molar refractivity (Wildman–Crippen MR) is 93.3 cm³/mol. The van der Waals surface area contributed by atoms with Crippen LogP contribution in [0.1, 0.15) is 31.0 Å². The van der Waals surface area contributed by atoms with Crippen LogP contribution in [0.2, 0.25) is 0 Å². The highest BCUT2D eigenvalue weighted by Gasteiger charge is 2.25. The maximum atomic E-state index is 12.4. The molecular weight excluding hydrogens is 358 g/mol.